The van der Waals surface area contributed by atoms with E-state index in [0.29, 0.717) is 0 Å². The first-order chi connectivity index (χ1) is 8.79. The Balaban J connectivity index is 2.22. The van der Waals surface area contributed by atoms with Crippen molar-refractivity contribution in [2.75, 3.05) is 6.26 Å². The molecule has 0 amide bonds. The van der Waals surface area contributed by atoms with Crippen LogP contribution in [-0.2, 0) is 0 Å². The first kappa shape index (κ1) is 11.2. The number of aryl methyl sites for hydroxylation is 1. The highest BCUT2D eigenvalue weighted by Crippen LogP contribution is 2.20. The molecule has 0 N–H and O–H groups in total. The Bertz CT molecular complexity index is 707. The average Bonchev–Trinajstić information content (AvgIpc) is 2.84. The molecule has 90 valence electrons. The van der Waals surface area contributed by atoms with Crippen molar-refractivity contribution >= 4 is 17.4 Å². The Labute approximate surface area is 108 Å². The molecule has 6 heteroatoms. The minimum absolute atomic E-state index is 0.758. The zero-order valence-electron chi connectivity index (χ0n) is 10.0. The Morgan fingerprint density at radius 3 is 2.89 bits per heavy atom. The van der Waals surface area contributed by atoms with Crippen LogP contribution in [0.1, 0.15) is 5.69 Å². The van der Waals surface area contributed by atoms with Crippen molar-refractivity contribution in [3.63, 3.8) is 0 Å². The van der Waals surface area contributed by atoms with Gasteiger partial charge in [0.25, 0.3) is 0 Å². The molecular weight excluding hydrogens is 246 g/mol. The number of imidazole rings is 1. The summed E-state index contributed by atoms with van der Waals surface area (Å²) in [5.41, 5.74) is 3.58. The maximum Gasteiger partial charge on any atom is 0.187 e. The van der Waals surface area contributed by atoms with Gasteiger partial charge in [-0.15, -0.1) is 0 Å². The molecule has 3 heterocycles. The van der Waals surface area contributed by atoms with Gasteiger partial charge in [0.15, 0.2) is 10.8 Å². The average molecular weight is 257 g/mol. The topological polar surface area (TPSA) is 56.0 Å². The van der Waals surface area contributed by atoms with Crippen molar-refractivity contribution < 1.29 is 0 Å². The van der Waals surface area contributed by atoms with Gasteiger partial charge in [0.05, 0.1) is 23.3 Å². The number of rotatable bonds is 2. The molecular formula is C12H11N5S. The molecule has 18 heavy (non-hydrogen) atoms. The van der Waals surface area contributed by atoms with Crippen molar-refractivity contribution in [3.8, 4) is 11.4 Å². The lowest BCUT2D eigenvalue weighted by Gasteiger charge is -2.02. The van der Waals surface area contributed by atoms with E-state index in [1.54, 1.807) is 12.4 Å². The van der Waals surface area contributed by atoms with Gasteiger partial charge in [0, 0.05) is 18.6 Å². The molecule has 3 aromatic rings. The fraction of sp³-hybridized carbons (Fsp3) is 0.167. The van der Waals surface area contributed by atoms with Crippen LogP contribution in [0.2, 0.25) is 0 Å². The summed E-state index contributed by atoms with van der Waals surface area (Å²) in [4.78, 5) is 17.3. The van der Waals surface area contributed by atoms with Crippen LogP contribution in [0, 0.1) is 6.92 Å². The fourth-order valence-electron chi connectivity index (χ4n) is 1.82. The molecule has 0 fully saturated rings. The number of aromatic nitrogens is 5. The van der Waals surface area contributed by atoms with Crippen LogP contribution in [0.3, 0.4) is 0 Å². The molecule has 0 unspecified atom stereocenters. The van der Waals surface area contributed by atoms with Crippen molar-refractivity contribution in [3.05, 3.63) is 36.5 Å². The Hall–Kier alpha value is -1.95. The number of hydrogen-bond acceptors (Lipinski definition) is 5. The summed E-state index contributed by atoms with van der Waals surface area (Å²) in [5.74, 6) is 0. The Kier molecular flexibility index (Phi) is 2.71. The van der Waals surface area contributed by atoms with E-state index in [2.05, 4.69) is 19.9 Å². The van der Waals surface area contributed by atoms with Gasteiger partial charge in [-0.1, -0.05) is 11.8 Å². The zero-order chi connectivity index (χ0) is 12.5. The summed E-state index contributed by atoms with van der Waals surface area (Å²) >= 11 is 1.52. The fourth-order valence-corrected chi connectivity index (χ4v) is 2.18. The summed E-state index contributed by atoms with van der Waals surface area (Å²) in [5, 5.41) is 0.758. The second-order valence-electron chi connectivity index (χ2n) is 3.78. The van der Waals surface area contributed by atoms with Crippen LogP contribution < -0.4 is 0 Å². The third kappa shape index (κ3) is 1.74. The van der Waals surface area contributed by atoms with Crippen LogP contribution in [0.25, 0.3) is 17.0 Å². The number of fused-ring (bicyclic) bond motifs is 1. The molecule has 3 rings (SSSR count). The monoisotopic (exact) mass is 257 g/mol. The predicted octanol–water partition coefficient (Wildman–Crippen LogP) is 2.22. The van der Waals surface area contributed by atoms with E-state index in [9.17, 15) is 0 Å². The van der Waals surface area contributed by atoms with Gasteiger partial charge in [-0.25, -0.2) is 15.0 Å². The lowest BCUT2D eigenvalue weighted by molar-refractivity contribution is 0.966. The molecule has 0 aliphatic rings. The van der Waals surface area contributed by atoms with Gasteiger partial charge in [-0.3, -0.25) is 9.38 Å². The van der Waals surface area contributed by atoms with E-state index < -0.39 is 0 Å². The number of hydrogen-bond donors (Lipinski definition) is 0. The highest BCUT2D eigenvalue weighted by molar-refractivity contribution is 7.98. The van der Waals surface area contributed by atoms with Crippen LogP contribution in [0.4, 0.5) is 0 Å². The lowest BCUT2D eigenvalue weighted by atomic mass is 10.3. The van der Waals surface area contributed by atoms with Gasteiger partial charge in [0.1, 0.15) is 0 Å². The molecule has 5 nitrogen and oxygen atoms in total. The third-order valence-electron chi connectivity index (χ3n) is 2.68. The molecule has 0 spiro atoms. The van der Waals surface area contributed by atoms with Crippen molar-refractivity contribution in [2.45, 2.75) is 12.1 Å². The molecule has 0 saturated carbocycles. The SMILES string of the molecule is CSc1nccc(-c2cnc3c(C)nccn23)n1. The number of thioether (sulfide) groups is 1. The van der Waals surface area contributed by atoms with Crippen molar-refractivity contribution in [2.24, 2.45) is 0 Å². The maximum atomic E-state index is 4.48. The van der Waals surface area contributed by atoms with E-state index >= 15 is 0 Å². The normalized spacial score (nSPS) is 11.0. The van der Waals surface area contributed by atoms with E-state index in [4.69, 9.17) is 0 Å². The summed E-state index contributed by atoms with van der Waals surface area (Å²) in [6.07, 6.45) is 9.20. The largest absolute Gasteiger partial charge is 0.295 e. The zero-order valence-corrected chi connectivity index (χ0v) is 10.8. The molecule has 0 aromatic carbocycles. The molecule has 0 bridgehead atoms. The minimum Gasteiger partial charge on any atom is -0.295 e. The van der Waals surface area contributed by atoms with Gasteiger partial charge < -0.3 is 0 Å². The van der Waals surface area contributed by atoms with Crippen LogP contribution >= 0.6 is 11.8 Å². The summed E-state index contributed by atoms with van der Waals surface area (Å²) in [6, 6.07) is 1.89. The van der Waals surface area contributed by atoms with E-state index in [1.165, 1.54) is 11.8 Å². The van der Waals surface area contributed by atoms with Gasteiger partial charge in [0.2, 0.25) is 0 Å². The van der Waals surface area contributed by atoms with E-state index in [-0.39, 0.29) is 0 Å². The first-order valence-corrected chi connectivity index (χ1v) is 6.68. The molecule has 3 aromatic heterocycles. The summed E-state index contributed by atoms with van der Waals surface area (Å²) in [7, 11) is 0. The van der Waals surface area contributed by atoms with Crippen LogP contribution in [0.15, 0.2) is 36.0 Å². The second-order valence-corrected chi connectivity index (χ2v) is 4.55. The standard InChI is InChI=1S/C12H11N5S/c1-8-11-15-7-10(17(11)6-5-13-8)9-3-4-14-12(16-9)18-2/h3-7H,1-2H3. The smallest absolute Gasteiger partial charge is 0.187 e. The molecule has 0 aliphatic heterocycles. The van der Waals surface area contributed by atoms with E-state index in [1.807, 2.05) is 36.0 Å². The summed E-state index contributed by atoms with van der Waals surface area (Å²) < 4.78 is 1.99. The van der Waals surface area contributed by atoms with Crippen LogP contribution in [0.5, 0.6) is 0 Å². The highest BCUT2D eigenvalue weighted by atomic mass is 32.2. The van der Waals surface area contributed by atoms with Crippen molar-refractivity contribution in [1.29, 1.82) is 0 Å². The molecule has 0 radical (unpaired) electrons. The second kappa shape index (κ2) is 4.38. The molecule has 0 saturated heterocycles. The quantitative estimate of drug-likeness (QED) is 0.520. The van der Waals surface area contributed by atoms with E-state index in [0.717, 1.165) is 27.9 Å². The van der Waals surface area contributed by atoms with Gasteiger partial charge in [-0.2, -0.15) is 0 Å². The summed E-state index contributed by atoms with van der Waals surface area (Å²) in [6.45, 7) is 1.94. The molecule has 0 aliphatic carbocycles. The Morgan fingerprint density at radius 2 is 2.06 bits per heavy atom. The molecule has 0 atom stereocenters. The van der Waals surface area contributed by atoms with Crippen LogP contribution in [-0.4, -0.2) is 30.6 Å². The van der Waals surface area contributed by atoms with Crippen molar-refractivity contribution in [1.82, 2.24) is 24.3 Å². The Morgan fingerprint density at radius 1 is 1.17 bits per heavy atom. The highest BCUT2D eigenvalue weighted by Gasteiger charge is 2.09. The maximum absolute atomic E-state index is 4.48. The first-order valence-electron chi connectivity index (χ1n) is 5.45. The predicted molar refractivity (Wildman–Crippen MR) is 70.5 cm³/mol. The minimum atomic E-state index is 0.758. The van der Waals surface area contributed by atoms with Gasteiger partial charge in [-0.05, 0) is 19.2 Å². The van der Waals surface area contributed by atoms with Gasteiger partial charge >= 0.3 is 0 Å². The third-order valence-corrected chi connectivity index (χ3v) is 3.24. The number of nitrogens with zero attached hydrogens (tertiary/aromatic N) is 5. The lowest BCUT2D eigenvalue weighted by Crippen LogP contribution is -1.95.